The molecule has 0 aliphatic carbocycles. The minimum Gasteiger partial charge on any atom is -0.253 e. The highest BCUT2D eigenvalue weighted by molar-refractivity contribution is 14.1. The fourth-order valence-electron chi connectivity index (χ4n) is 3.51. The summed E-state index contributed by atoms with van der Waals surface area (Å²) in [6.07, 6.45) is 7.93. The first-order valence-corrected chi connectivity index (χ1v) is 13.1. The molecule has 0 amide bonds. The van der Waals surface area contributed by atoms with Gasteiger partial charge in [0.25, 0.3) is 0 Å². The van der Waals surface area contributed by atoms with Crippen LogP contribution in [0.25, 0.3) is 33.2 Å². The lowest BCUT2D eigenvalue weighted by Crippen LogP contribution is -2.00. The van der Waals surface area contributed by atoms with Gasteiger partial charge in [-0.2, -0.15) is 0 Å². The minimum absolute atomic E-state index is 0.330. The third kappa shape index (κ3) is 5.17. The molecule has 0 N–H and O–H groups in total. The van der Waals surface area contributed by atoms with Gasteiger partial charge in [0.05, 0.1) is 27.0 Å². The third-order valence-electron chi connectivity index (χ3n) is 5.14. The molecular weight excluding hydrogens is 547 g/mol. The van der Waals surface area contributed by atoms with E-state index in [9.17, 15) is 8.42 Å². The van der Waals surface area contributed by atoms with Crippen LogP contribution in [-0.2, 0) is 9.84 Å². The van der Waals surface area contributed by atoms with Crippen LogP contribution in [-0.4, -0.2) is 34.6 Å². The minimum atomic E-state index is -3.29. The quantitative estimate of drug-likeness (QED) is 0.260. The van der Waals surface area contributed by atoms with E-state index in [1.165, 1.54) is 15.4 Å². The molecule has 0 unspecified atom stereocenters. The molecule has 0 spiro atoms. The predicted molar refractivity (Wildman–Crippen MR) is 140 cm³/mol. The summed E-state index contributed by atoms with van der Waals surface area (Å²) in [5, 5.41) is 0. The van der Waals surface area contributed by atoms with E-state index in [0.717, 1.165) is 33.2 Å². The Bertz CT molecular complexity index is 1550. The molecule has 0 fully saturated rings. The van der Waals surface area contributed by atoms with Crippen molar-refractivity contribution in [2.45, 2.75) is 18.7 Å². The van der Waals surface area contributed by atoms with Crippen molar-refractivity contribution in [1.82, 2.24) is 19.9 Å². The molecule has 2 heterocycles. The van der Waals surface area contributed by atoms with Crippen molar-refractivity contribution in [3.8, 4) is 11.1 Å². The summed E-state index contributed by atoms with van der Waals surface area (Å²) in [6.45, 7) is 4.03. The van der Waals surface area contributed by atoms with Crippen molar-refractivity contribution in [3.05, 3.63) is 88.0 Å². The van der Waals surface area contributed by atoms with Gasteiger partial charge in [0.1, 0.15) is 0 Å². The van der Waals surface area contributed by atoms with Crippen molar-refractivity contribution >= 4 is 54.5 Å². The highest BCUT2D eigenvalue weighted by Gasteiger charge is 2.16. The predicted octanol–water partition coefficient (Wildman–Crippen LogP) is 5.55. The second-order valence-electron chi connectivity index (χ2n) is 7.63. The Balaban J connectivity index is 0.000000183. The zero-order valence-electron chi connectivity index (χ0n) is 18.3. The number of sulfone groups is 1. The molecule has 0 atom stereocenters. The number of hydrogen-bond donors (Lipinski definition) is 0. The molecular formula is C25H21IN4O2S. The van der Waals surface area contributed by atoms with Gasteiger partial charge < -0.3 is 0 Å². The van der Waals surface area contributed by atoms with E-state index in [4.69, 9.17) is 0 Å². The van der Waals surface area contributed by atoms with Gasteiger partial charge in [-0.1, -0.05) is 18.2 Å². The summed E-state index contributed by atoms with van der Waals surface area (Å²) in [7, 11) is -3.29. The number of rotatable bonds is 2. The van der Waals surface area contributed by atoms with Gasteiger partial charge in [0, 0.05) is 40.2 Å². The van der Waals surface area contributed by atoms with Crippen LogP contribution in [0, 0.1) is 17.4 Å². The summed E-state index contributed by atoms with van der Waals surface area (Å²) in [5.74, 6) is 0. The lowest BCUT2D eigenvalue weighted by Gasteiger charge is -2.11. The van der Waals surface area contributed by atoms with Crippen LogP contribution < -0.4 is 0 Å². The van der Waals surface area contributed by atoms with Gasteiger partial charge >= 0.3 is 0 Å². The molecule has 0 aliphatic heterocycles. The van der Waals surface area contributed by atoms with Crippen LogP contribution in [0.2, 0.25) is 0 Å². The van der Waals surface area contributed by atoms with Gasteiger partial charge in [-0.3, -0.25) is 19.9 Å². The molecule has 6 nitrogen and oxygen atoms in total. The number of fused-ring (bicyclic) bond motifs is 2. The Labute approximate surface area is 206 Å². The number of benzene rings is 3. The maximum Gasteiger partial charge on any atom is 0.176 e. The summed E-state index contributed by atoms with van der Waals surface area (Å²) >= 11 is 2.30. The molecule has 0 radical (unpaired) electrons. The molecule has 166 valence electrons. The molecule has 5 aromatic rings. The van der Waals surface area contributed by atoms with Gasteiger partial charge in [-0.15, -0.1) is 0 Å². The van der Waals surface area contributed by atoms with E-state index in [-0.39, 0.29) is 0 Å². The third-order valence-corrected chi connectivity index (χ3v) is 7.46. The summed E-state index contributed by atoms with van der Waals surface area (Å²) in [6, 6.07) is 15.0. The lowest BCUT2D eigenvalue weighted by molar-refractivity contribution is 0.602. The van der Waals surface area contributed by atoms with Crippen LogP contribution in [0.4, 0.5) is 0 Å². The van der Waals surface area contributed by atoms with Gasteiger partial charge in [-0.05, 0) is 83.5 Å². The van der Waals surface area contributed by atoms with E-state index in [2.05, 4.69) is 61.6 Å². The fraction of sp³-hybridized carbons (Fsp3) is 0.120. The smallest absolute Gasteiger partial charge is 0.176 e. The molecule has 8 heteroatoms. The molecule has 5 rings (SSSR count). The molecule has 33 heavy (non-hydrogen) atoms. The first kappa shape index (κ1) is 23.2. The molecule has 2 aromatic heterocycles. The van der Waals surface area contributed by atoms with Gasteiger partial charge in [0.2, 0.25) is 0 Å². The second kappa shape index (κ2) is 9.48. The highest BCUT2D eigenvalue weighted by atomic mass is 127. The lowest BCUT2D eigenvalue weighted by atomic mass is 9.99. The number of nitrogens with zero attached hydrogens (tertiary/aromatic N) is 4. The van der Waals surface area contributed by atoms with E-state index >= 15 is 0 Å². The van der Waals surface area contributed by atoms with Crippen molar-refractivity contribution in [1.29, 1.82) is 0 Å². The van der Waals surface area contributed by atoms with Crippen LogP contribution >= 0.6 is 22.6 Å². The standard InChI is InChI=1S/C16H14N2O2S.C9H7IN2/c1-11-9-14-15(18-8-7-17-14)10-13(11)12-5-3-4-6-16(12)21(2,19)20;1-6-4-8-9(5-7(6)10)12-3-2-11-8/h3-10H,1-2H3;2-5H,1H3. The fourth-order valence-corrected chi connectivity index (χ4v) is 4.86. The maximum atomic E-state index is 12.0. The Kier molecular flexibility index (Phi) is 6.66. The zero-order valence-corrected chi connectivity index (χ0v) is 21.3. The summed E-state index contributed by atoms with van der Waals surface area (Å²) in [5.41, 5.74) is 7.27. The Morgan fingerprint density at radius 3 is 1.73 bits per heavy atom. The average Bonchev–Trinajstić information content (AvgIpc) is 2.79. The molecule has 3 aromatic carbocycles. The maximum absolute atomic E-state index is 12.0. The first-order chi connectivity index (χ1) is 15.7. The summed E-state index contributed by atoms with van der Waals surface area (Å²) in [4.78, 5) is 17.3. The molecule has 0 aliphatic rings. The van der Waals surface area contributed by atoms with Crippen LogP contribution in [0.5, 0.6) is 0 Å². The first-order valence-electron chi connectivity index (χ1n) is 10.1. The second-order valence-corrected chi connectivity index (χ2v) is 10.8. The van der Waals surface area contributed by atoms with E-state index in [0.29, 0.717) is 10.5 Å². The van der Waals surface area contributed by atoms with E-state index < -0.39 is 9.84 Å². The largest absolute Gasteiger partial charge is 0.253 e. The van der Waals surface area contributed by atoms with Crippen molar-refractivity contribution in [2.24, 2.45) is 0 Å². The summed E-state index contributed by atoms with van der Waals surface area (Å²) < 4.78 is 25.2. The van der Waals surface area contributed by atoms with E-state index in [1.54, 1.807) is 36.9 Å². The topological polar surface area (TPSA) is 85.7 Å². The number of halogens is 1. The molecule has 0 bridgehead atoms. The van der Waals surface area contributed by atoms with Crippen LogP contribution in [0.1, 0.15) is 11.1 Å². The van der Waals surface area contributed by atoms with E-state index in [1.807, 2.05) is 31.2 Å². The Hall–Kier alpha value is -2.98. The monoisotopic (exact) mass is 568 g/mol. The van der Waals surface area contributed by atoms with Crippen molar-refractivity contribution < 1.29 is 8.42 Å². The number of aromatic nitrogens is 4. The van der Waals surface area contributed by atoms with Crippen LogP contribution in [0.15, 0.2) is 78.2 Å². The Morgan fingerprint density at radius 2 is 1.15 bits per heavy atom. The number of aryl methyl sites for hydroxylation is 2. The molecule has 0 saturated carbocycles. The zero-order chi connectivity index (χ0) is 23.6. The van der Waals surface area contributed by atoms with Crippen molar-refractivity contribution in [3.63, 3.8) is 0 Å². The number of hydrogen-bond acceptors (Lipinski definition) is 6. The average molecular weight is 568 g/mol. The highest BCUT2D eigenvalue weighted by Crippen LogP contribution is 2.31. The van der Waals surface area contributed by atoms with Gasteiger partial charge in [0.15, 0.2) is 9.84 Å². The molecule has 0 saturated heterocycles. The Morgan fingerprint density at radius 1 is 0.667 bits per heavy atom. The van der Waals surface area contributed by atoms with Crippen LogP contribution in [0.3, 0.4) is 0 Å². The van der Waals surface area contributed by atoms with Crippen molar-refractivity contribution in [2.75, 3.05) is 6.26 Å². The van der Waals surface area contributed by atoms with Gasteiger partial charge in [-0.25, -0.2) is 8.42 Å². The SMILES string of the molecule is Cc1cc2nccnc2cc1-c1ccccc1S(C)(=O)=O.Cc1cc2nccnc2cc1I. The normalized spacial score (nSPS) is 11.3.